The summed E-state index contributed by atoms with van der Waals surface area (Å²) in [5, 5.41) is 1.02. The fraction of sp³-hybridized carbons (Fsp3) is 0.125. The average molecular weight is 281 g/mol. The van der Waals surface area contributed by atoms with Gasteiger partial charge < -0.3 is 15.0 Å². The summed E-state index contributed by atoms with van der Waals surface area (Å²) < 4.78 is 7.29. The summed E-state index contributed by atoms with van der Waals surface area (Å²) in [6.45, 7) is 0.812. The number of anilines is 1. The Bertz CT molecular complexity index is 822. The largest absolute Gasteiger partial charge is 0.489 e. The second kappa shape index (κ2) is 5.66. The molecule has 5 heteroatoms. The Labute approximate surface area is 121 Å². The highest BCUT2D eigenvalue weighted by molar-refractivity contribution is 5.84. The molecule has 0 atom stereocenters. The van der Waals surface area contributed by atoms with E-state index in [4.69, 9.17) is 10.5 Å². The van der Waals surface area contributed by atoms with Gasteiger partial charge in [0, 0.05) is 29.5 Å². The number of nitrogens with two attached hydrogens (primary N) is 1. The van der Waals surface area contributed by atoms with E-state index in [1.807, 2.05) is 30.3 Å². The third-order valence-corrected chi connectivity index (χ3v) is 3.19. The van der Waals surface area contributed by atoms with Crippen molar-refractivity contribution in [2.45, 2.75) is 6.54 Å². The molecule has 0 unspecified atom stereocenters. The predicted octanol–water partition coefficient (Wildman–Crippen LogP) is 2.06. The van der Waals surface area contributed by atoms with E-state index in [9.17, 15) is 4.79 Å². The monoisotopic (exact) mass is 281 g/mol. The number of nitrogens with zero attached hydrogens (tertiary/aromatic N) is 2. The van der Waals surface area contributed by atoms with Gasteiger partial charge in [-0.15, -0.1) is 0 Å². The van der Waals surface area contributed by atoms with Crippen LogP contribution in [0.2, 0.25) is 0 Å². The van der Waals surface area contributed by atoms with Crippen molar-refractivity contribution in [3.05, 3.63) is 65.2 Å². The first kappa shape index (κ1) is 13.2. The van der Waals surface area contributed by atoms with Crippen molar-refractivity contribution in [1.29, 1.82) is 0 Å². The second-order valence-corrected chi connectivity index (χ2v) is 4.67. The van der Waals surface area contributed by atoms with E-state index in [1.165, 1.54) is 10.6 Å². The molecule has 0 aliphatic carbocycles. The molecule has 3 rings (SSSR count). The number of rotatable bonds is 4. The van der Waals surface area contributed by atoms with E-state index in [0.29, 0.717) is 24.6 Å². The molecule has 0 aliphatic rings. The van der Waals surface area contributed by atoms with Crippen LogP contribution < -0.4 is 16.0 Å². The molecule has 0 amide bonds. The number of ether oxygens (including phenoxy) is 1. The molecular formula is C16H15N3O2. The highest BCUT2D eigenvalue weighted by Crippen LogP contribution is 2.22. The lowest BCUT2D eigenvalue weighted by Gasteiger charge is -2.10. The fourth-order valence-corrected chi connectivity index (χ4v) is 2.17. The Hall–Kier alpha value is -2.82. The molecule has 0 bridgehead atoms. The maximum atomic E-state index is 11.7. The normalized spacial score (nSPS) is 10.7. The number of pyridine rings is 2. The van der Waals surface area contributed by atoms with Crippen LogP contribution in [0.15, 0.2) is 59.7 Å². The van der Waals surface area contributed by atoms with Crippen molar-refractivity contribution in [1.82, 2.24) is 9.55 Å². The number of nitrogen functional groups attached to an aromatic ring is 1. The van der Waals surface area contributed by atoms with Gasteiger partial charge in [0.1, 0.15) is 17.9 Å². The summed E-state index contributed by atoms with van der Waals surface area (Å²) in [7, 11) is 0. The molecule has 1 aromatic carbocycles. The van der Waals surface area contributed by atoms with Gasteiger partial charge in [0.25, 0.3) is 5.56 Å². The summed E-state index contributed by atoms with van der Waals surface area (Å²) in [6, 6.07) is 12.7. The minimum absolute atomic E-state index is 0.0937. The first-order valence-corrected chi connectivity index (χ1v) is 6.66. The highest BCUT2D eigenvalue weighted by Gasteiger charge is 2.03. The summed E-state index contributed by atoms with van der Waals surface area (Å²) in [6.07, 6.45) is 3.35. The molecule has 0 radical (unpaired) electrons. The van der Waals surface area contributed by atoms with Crippen molar-refractivity contribution in [3.63, 3.8) is 0 Å². The standard InChI is InChI=1S/C16H15N3O2/c17-13-6-7-15(20)19(11-13)9-10-21-14-5-1-3-12-4-2-8-18-16(12)14/h1-8,11H,9-10,17H2. The van der Waals surface area contributed by atoms with Crippen LogP contribution in [-0.4, -0.2) is 16.2 Å². The van der Waals surface area contributed by atoms with Crippen molar-refractivity contribution in [3.8, 4) is 5.75 Å². The Morgan fingerprint density at radius 2 is 2.00 bits per heavy atom. The molecular weight excluding hydrogens is 266 g/mol. The number of hydrogen-bond donors (Lipinski definition) is 1. The zero-order chi connectivity index (χ0) is 14.7. The summed E-state index contributed by atoms with van der Waals surface area (Å²) >= 11 is 0. The first-order chi connectivity index (χ1) is 10.2. The lowest BCUT2D eigenvalue weighted by atomic mass is 10.2. The zero-order valence-corrected chi connectivity index (χ0v) is 11.4. The van der Waals surface area contributed by atoms with E-state index in [-0.39, 0.29) is 5.56 Å². The van der Waals surface area contributed by atoms with E-state index in [0.717, 1.165) is 10.9 Å². The van der Waals surface area contributed by atoms with Gasteiger partial charge in [0.05, 0.1) is 6.54 Å². The van der Waals surface area contributed by atoms with Crippen LogP contribution in [0.4, 0.5) is 5.69 Å². The SMILES string of the molecule is Nc1ccc(=O)n(CCOc2cccc3cccnc23)c1. The van der Waals surface area contributed by atoms with Crippen molar-refractivity contribution in [2.24, 2.45) is 0 Å². The third-order valence-electron chi connectivity index (χ3n) is 3.19. The van der Waals surface area contributed by atoms with Gasteiger partial charge in [-0.25, -0.2) is 0 Å². The molecule has 2 heterocycles. The van der Waals surface area contributed by atoms with E-state index >= 15 is 0 Å². The molecule has 0 fully saturated rings. The van der Waals surface area contributed by atoms with Crippen LogP contribution in [-0.2, 0) is 6.54 Å². The molecule has 0 saturated carbocycles. The van der Waals surface area contributed by atoms with Gasteiger partial charge >= 0.3 is 0 Å². The summed E-state index contributed by atoms with van der Waals surface area (Å²) in [5.74, 6) is 0.713. The van der Waals surface area contributed by atoms with Crippen LogP contribution in [0.5, 0.6) is 5.75 Å². The van der Waals surface area contributed by atoms with Gasteiger partial charge in [0.2, 0.25) is 0 Å². The van der Waals surface area contributed by atoms with Gasteiger partial charge in [-0.1, -0.05) is 18.2 Å². The molecule has 0 spiro atoms. The molecule has 21 heavy (non-hydrogen) atoms. The number of hydrogen-bond acceptors (Lipinski definition) is 4. The molecule has 2 N–H and O–H groups in total. The van der Waals surface area contributed by atoms with Crippen molar-refractivity contribution < 1.29 is 4.74 Å². The van der Waals surface area contributed by atoms with E-state index < -0.39 is 0 Å². The summed E-state index contributed by atoms with van der Waals surface area (Å²) in [4.78, 5) is 16.0. The zero-order valence-electron chi connectivity index (χ0n) is 11.4. The van der Waals surface area contributed by atoms with E-state index in [2.05, 4.69) is 4.98 Å². The van der Waals surface area contributed by atoms with Crippen LogP contribution in [0.25, 0.3) is 10.9 Å². The van der Waals surface area contributed by atoms with Crippen molar-refractivity contribution in [2.75, 3.05) is 12.3 Å². The van der Waals surface area contributed by atoms with Crippen molar-refractivity contribution >= 4 is 16.6 Å². The van der Waals surface area contributed by atoms with Gasteiger partial charge in [0.15, 0.2) is 0 Å². The topological polar surface area (TPSA) is 70.1 Å². The molecule has 3 aromatic rings. The minimum Gasteiger partial charge on any atom is -0.489 e. The highest BCUT2D eigenvalue weighted by atomic mass is 16.5. The Morgan fingerprint density at radius 1 is 1.14 bits per heavy atom. The molecule has 0 saturated heterocycles. The van der Waals surface area contributed by atoms with Crippen LogP contribution in [0, 0.1) is 0 Å². The van der Waals surface area contributed by atoms with Gasteiger partial charge in [-0.3, -0.25) is 9.78 Å². The second-order valence-electron chi connectivity index (χ2n) is 4.67. The maximum absolute atomic E-state index is 11.7. The average Bonchev–Trinajstić information content (AvgIpc) is 2.51. The molecule has 106 valence electrons. The van der Waals surface area contributed by atoms with Crippen LogP contribution >= 0.6 is 0 Å². The minimum atomic E-state index is -0.0937. The smallest absolute Gasteiger partial charge is 0.250 e. The lowest BCUT2D eigenvalue weighted by molar-refractivity contribution is 0.299. The van der Waals surface area contributed by atoms with E-state index in [1.54, 1.807) is 18.5 Å². The number of para-hydroxylation sites is 1. The summed E-state index contributed by atoms with van der Waals surface area (Å²) in [5.41, 5.74) is 6.96. The predicted molar refractivity (Wildman–Crippen MR) is 82.4 cm³/mol. The van der Waals surface area contributed by atoms with Gasteiger partial charge in [-0.05, 0) is 18.2 Å². The fourth-order valence-electron chi connectivity index (χ4n) is 2.17. The first-order valence-electron chi connectivity index (χ1n) is 6.66. The Balaban J connectivity index is 1.75. The molecule has 5 nitrogen and oxygen atoms in total. The third kappa shape index (κ3) is 2.86. The number of benzene rings is 1. The van der Waals surface area contributed by atoms with Gasteiger partial charge in [-0.2, -0.15) is 0 Å². The maximum Gasteiger partial charge on any atom is 0.250 e. The quantitative estimate of drug-likeness (QED) is 0.794. The lowest BCUT2D eigenvalue weighted by Crippen LogP contribution is -2.22. The Kier molecular flexibility index (Phi) is 3.55. The van der Waals surface area contributed by atoms with Crippen LogP contribution in [0.3, 0.4) is 0 Å². The molecule has 0 aliphatic heterocycles. The number of fused-ring (bicyclic) bond motifs is 1. The van der Waals surface area contributed by atoms with Crippen LogP contribution in [0.1, 0.15) is 0 Å². The number of aromatic nitrogens is 2. The molecule has 2 aromatic heterocycles. The Morgan fingerprint density at radius 3 is 2.90 bits per heavy atom.